The molecule has 0 aliphatic carbocycles. The van der Waals surface area contributed by atoms with Crippen LogP contribution in [0.4, 0.5) is 0 Å². The van der Waals surface area contributed by atoms with Crippen molar-refractivity contribution in [2.45, 2.75) is 32.2 Å². The number of rotatable bonds is 6. The van der Waals surface area contributed by atoms with Crippen molar-refractivity contribution in [2.75, 3.05) is 6.61 Å². The Morgan fingerprint density at radius 2 is 2.00 bits per heavy atom. The summed E-state index contributed by atoms with van der Waals surface area (Å²) in [6.07, 6.45) is 1.00. The van der Waals surface area contributed by atoms with Crippen LogP contribution in [0, 0.1) is 5.92 Å². The highest BCUT2D eigenvalue weighted by Gasteiger charge is 2.26. The second-order valence-electron chi connectivity index (χ2n) is 5.05. The van der Waals surface area contributed by atoms with E-state index in [0.717, 1.165) is 12.0 Å². The van der Waals surface area contributed by atoms with Crippen molar-refractivity contribution in [3.63, 3.8) is 0 Å². The summed E-state index contributed by atoms with van der Waals surface area (Å²) in [6, 6.07) is 9.52. The van der Waals surface area contributed by atoms with Gasteiger partial charge in [-0.15, -0.1) is 0 Å². The van der Waals surface area contributed by atoms with Gasteiger partial charge in [0.05, 0.1) is 18.6 Å². The minimum atomic E-state index is -0.596. The van der Waals surface area contributed by atoms with E-state index in [4.69, 9.17) is 15.4 Å². The van der Waals surface area contributed by atoms with Gasteiger partial charge in [-0.05, 0) is 11.5 Å². The fraction of sp³-hybridized carbons (Fsp3) is 0.467. The first kappa shape index (κ1) is 14.7. The molecule has 0 saturated carbocycles. The Morgan fingerprint density at radius 3 is 2.60 bits per heavy atom. The number of hydrogen-bond acceptors (Lipinski definition) is 5. The Balaban J connectivity index is 2.35. The van der Waals surface area contributed by atoms with Gasteiger partial charge in [0.15, 0.2) is 5.82 Å². The molecule has 3 atom stereocenters. The number of nitrogens with zero attached hydrogens (tertiary/aromatic N) is 2. The third-order valence-corrected chi connectivity index (χ3v) is 3.62. The first-order chi connectivity index (χ1) is 9.67. The summed E-state index contributed by atoms with van der Waals surface area (Å²) in [6.45, 7) is 4.10. The van der Waals surface area contributed by atoms with Gasteiger partial charge < -0.3 is 15.4 Å². The molecule has 5 nitrogen and oxygen atoms in total. The monoisotopic (exact) mass is 275 g/mol. The van der Waals surface area contributed by atoms with Gasteiger partial charge in [-0.2, -0.15) is 4.98 Å². The highest BCUT2D eigenvalue weighted by Crippen LogP contribution is 2.32. The molecule has 0 amide bonds. The molecule has 0 radical (unpaired) electrons. The molecule has 20 heavy (non-hydrogen) atoms. The molecular weight excluding hydrogens is 254 g/mol. The molecule has 2 aromatic rings. The molecule has 1 heterocycles. The Bertz CT molecular complexity index is 527. The van der Waals surface area contributed by atoms with E-state index < -0.39 is 6.04 Å². The third-order valence-electron chi connectivity index (χ3n) is 3.62. The minimum absolute atomic E-state index is 0.0494. The van der Waals surface area contributed by atoms with Crippen LogP contribution in [0.25, 0.3) is 0 Å². The maximum atomic E-state index is 9.06. The number of benzene rings is 1. The van der Waals surface area contributed by atoms with Crippen LogP contribution in [-0.2, 0) is 0 Å². The van der Waals surface area contributed by atoms with E-state index in [1.807, 2.05) is 18.2 Å². The molecule has 0 bridgehead atoms. The molecule has 3 N–H and O–H groups in total. The molecule has 3 unspecified atom stereocenters. The van der Waals surface area contributed by atoms with E-state index in [1.54, 1.807) is 0 Å². The van der Waals surface area contributed by atoms with Crippen molar-refractivity contribution in [3.8, 4) is 0 Å². The van der Waals surface area contributed by atoms with Gasteiger partial charge in [-0.1, -0.05) is 55.8 Å². The van der Waals surface area contributed by atoms with E-state index in [0.29, 0.717) is 17.6 Å². The second kappa shape index (κ2) is 6.63. The van der Waals surface area contributed by atoms with Crippen molar-refractivity contribution < 1.29 is 9.63 Å². The molecule has 2 rings (SSSR count). The van der Waals surface area contributed by atoms with Crippen LogP contribution in [0.5, 0.6) is 0 Å². The number of nitrogens with two attached hydrogens (primary N) is 1. The zero-order valence-corrected chi connectivity index (χ0v) is 11.9. The molecule has 1 aromatic carbocycles. The average molecular weight is 275 g/mol. The zero-order valence-electron chi connectivity index (χ0n) is 11.9. The quantitative estimate of drug-likeness (QED) is 0.844. The maximum absolute atomic E-state index is 9.06. The average Bonchev–Trinajstić information content (AvgIpc) is 2.97. The molecular formula is C15H21N3O2. The van der Waals surface area contributed by atoms with Crippen LogP contribution in [0.2, 0.25) is 0 Å². The number of aromatic nitrogens is 2. The molecule has 5 heteroatoms. The fourth-order valence-electron chi connectivity index (χ4n) is 2.22. The lowest BCUT2D eigenvalue weighted by molar-refractivity contribution is 0.259. The standard InChI is InChI=1S/C15H21N3O2/c1-3-10(2)13(11-7-5-4-6-8-11)15-17-14(18-20-15)12(16)9-19/h4-8,10,12-13,19H,3,9,16H2,1-2H3. The van der Waals surface area contributed by atoms with Crippen LogP contribution in [0.15, 0.2) is 34.9 Å². The largest absolute Gasteiger partial charge is 0.394 e. The van der Waals surface area contributed by atoms with Crippen LogP contribution < -0.4 is 5.73 Å². The lowest BCUT2D eigenvalue weighted by Gasteiger charge is -2.19. The highest BCUT2D eigenvalue weighted by molar-refractivity contribution is 5.25. The third kappa shape index (κ3) is 3.05. The van der Waals surface area contributed by atoms with Crippen molar-refractivity contribution in [1.29, 1.82) is 0 Å². The highest BCUT2D eigenvalue weighted by atomic mass is 16.5. The van der Waals surface area contributed by atoms with Crippen LogP contribution >= 0.6 is 0 Å². The Morgan fingerprint density at radius 1 is 1.30 bits per heavy atom. The minimum Gasteiger partial charge on any atom is -0.394 e. The smallest absolute Gasteiger partial charge is 0.234 e. The summed E-state index contributed by atoms with van der Waals surface area (Å²) in [5, 5.41) is 12.9. The molecule has 0 aliphatic heterocycles. The summed E-state index contributed by atoms with van der Waals surface area (Å²) >= 11 is 0. The molecule has 0 aliphatic rings. The second-order valence-corrected chi connectivity index (χ2v) is 5.05. The zero-order chi connectivity index (χ0) is 14.5. The van der Waals surface area contributed by atoms with Gasteiger partial charge in [0.2, 0.25) is 5.89 Å². The lowest BCUT2D eigenvalue weighted by atomic mass is 9.85. The predicted molar refractivity (Wildman–Crippen MR) is 76.1 cm³/mol. The molecule has 108 valence electrons. The molecule has 0 fully saturated rings. The van der Waals surface area contributed by atoms with Crippen molar-refractivity contribution in [2.24, 2.45) is 11.7 Å². The Kier molecular flexibility index (Phi) is 4.87. The normalized spacial score (nSPS) is 15.8. The topological polar surface area (TPSA) is 85.2 Å². The fourth-order valence-corrected chi connectivity index (χ4v) is 2.22. The van der Waals surface area contributed by atoms with Gasteiger partial charge in [-0.3, -0.25) is 0 Å². The van der Waals surface area contributed by atoms with Gasteiger partial charge in [0.25, 0.3) is 0 Å². The van der Waals surface area contributed by atoms with Crippen LogP contribution in [0.3, 0.4) is 0 Å². The number of aliphatic hydroxyl groups is 1. The summed E-state index contributed by atoms with van der Waals surface area (Å²) in [5.74, 6) is 1.33. The summed E-state index contributed by atoms with van der Waals surface area (Å²) < 4.78 is 5.37. The van der Waals surface area contributed by atoms with Gasteiger partial charge in [-0.25, -0.2) is 0 Å². The lowest BCUT2D eigenvalue weighted by Crippen LogP contribution is -2.17. The van der Waals surface area contributed by atoms with E-state index in [9.17, 15) is 0 Å². The maximum Gasteiger partial charge on any atom is 0.234 e. The Hall–Kier alpha value is -1.72. The van der Waals surface area contributed by atoms with Gasteiger partial charge in [0, 0.05) is 0 Å². The van der Waals surface area contributed by atoms with E-state index in [2.05, 4.69) is 36.1 Å². The van der Waals surface area contributed by atoms with Crippen molar-refractivity contribution in [3.05, 3.63) is 47.6 Å². The molecule has 1 aromatic heterocycles. The SMILES string of the molecule is CCC(C)C(c1ccccc1)c1nc(C(N)CO)no1. The van der Waals surface area contributed by atoms with Gasteiger partial charge in [0.1, 0.15) is 0 Å². The molecule has 0 saturated heterocycles. The first-order valence-electron chi connectivity index (χ1n) is 6.92. The van der Waals surface area contributed by atoms with Crippen molar-refractivity contribution >= 4 is 0 Å². The number of hydrogen-bond donors (Lipinski definition) is 2. The Labute approximate surface area is 118 Å². The molecule has 0 spiro atoms. The van der Waals surface area contributed by atoms with Crippen molar-refractivity contribution in [1.82, 2.24) is 10.1 Å². The summed E-state index contributed by atoms with van der Waals surface area (Å²) in [7, 11) is 0. The van der Waals surface area contributed by atoms with Crippen LogP contribution in [0.1, 0.15) is 49.5 Å². The predicted octanol–water partition coefficient (Wildman–Crippen LogP) is 2.24. The number of aliphatic hydroxyl groups excluding tert-OH is 1. The first-order valence-corrected chi connectivity index (χ1v) is 6.92. The van der Waals surface area contributed by atoms with Gasteiger partial charge >= 0.3 is 0 Å². The van der Waals surface area contributed by atoms with Crippen LogP contribution in [-0.4, -0.2) is 21.9 Å². The van der Waals surface area contributed by atoms with E-state index in [1.165, 1.54) is 0 Å². The summed E-state index contributed by atoms with van der Waals surface area (Å²) in [4.78, 5) is 4.36. The van der Waals surface area contributed by atoms with E-state index >= 15 is 0 Å². The summed E-state index contributed by atoms with van der Waals surface area (Å²) in [5.41, 5.74) is 6.87. The van der Waals surface area contributed by atoms with E-state index in [-0.39, 0.29) is 12.5 Å².